The van der Waals surface area contributed by atoms with Gasteiger partial charge in [0.05, 0.1) is 24.2 Å². The quantitative estimate of drug-likeness (QED) is 0.239. The first-order valence-electron chi connectivity index (χ1n) is 11.4. The van der Waals surface area contributed by atoms with Crippen molar-refractivity contribution in [2.24, 2.45) is 0 Å². The van der Waals surface area contributed by atoms with Crippen molar-refractivity contribution in [1.82, 2.24) is 9.97 Å². The van der Waals surface area contributed by atoms with Gasteiger partial charge in [-0.25, -0.2) is 0 Å². The van der Waals surface area contributed by atoms with E-state index in [1.807, 2.05) is 60.7 Å². The third-order valence-corrected chi connectivity index (χ3v) is 7.11. The Morgan fingerprint density at radius 1 is 0.838 bits per heavy atom. The second kappa shape index (κ2) is 17.1. The molecule has 0 saturated carbocycles. The second-order valence-corrected chi connectivity index (χ2v) is 9.32. The van der Waals surface area contributed by atoms with Crippen LogP contribution in [0.3, 0.4) is 0 Å². The van der Waals surface area contributed by atoms with Crippen LogP contribution in [-0.4, -0.2) is 28.1 Å². The molecule has 37 heavy (non-hydrogen) atoms. The normalized spacial score (nSPS) is 11.6. The van der Waals surface area contributed by atoms with E-state index in [9.17, 15) is 9.90 Å². The smallest absolute Gasteiger partial charge is 0.549 e. The van der Waals surface area contributed by atoms with Crippen molar-refractivity contribution in [2.75, 3.05) is 7.11 Å². The van der Waals surface area contributed by atoms with Crippen molar-refractivity contribution in [3.63, 3.8) is 0 Å². The minimum atomic E-state index is -1.06. The number of rotatable bonds is 9. The third kappa shape index (κ3) is 10.4. The van der Waals surface area contributed by atoms with Crippen molar-refractivity contribution in [2.45, 2.75) is 23.3 Å². The van der Waals surface area contributed by atoms with E-state index in [2.05, 4.69) is 22.1 Å². The summed E-state index contributed by atoms with van der Waals surface area (Å²) in [6.07, 6.45) is 7.83. The van der Waals surface area contributed by atoms with Crippen LogP contribution in [0.4, 0.5) is 0 Å². The zero-order valence-electron chi connectivity index (χ0n) is 20.9. The van der Waals surface area contributed by atoms with Gasteiger partial charge in [0.15, 0.2) is 5.05 Å². The van der Waals surface area contributed by atoms with E-state index < -0.39 is 11.2 Å². The molecule has 8 heteroatoms. The Balaban J connectivity index is 0.000000253. The zero-order chi connectivity index (χ0) is 25.6. The maximum Gasteiger partial charge on any atom is 1.00 e. The number of nitrogens with zero attached hydrogens (tertiary/aromatic N) is 2. The van der Waals surface area contributed by atoms with E-state index in [-0.39, 0.29) is 35.5 Å². The first kappa shape index (κ1) is 30.7. The molecule has 2 unspecified atom stereocenters. The van der Waals surface area contributed by atoms with Crippen LogP contribution in [0.5, 0.6) is 0 Å². The van der Waals surface area contributed by atoms with Gasteiger partial charge in [-0.3, -0.25) is 9.97 Å². The fraction of sp³-hybridized carbons (Fsp3) is 0.172. The molecule has 0 saturated heterocycles. The van der Waals surface area contributed by atoms with Gasteiger partial charge in [0.25, 0.3) is 0 Å². The molecule has 2 aromatic carbocycles. The molecule has 0 radical (unpaired) electrons. The van der Waals surface area contributed by atoms with Gasteiger partial charge in [-0.2, -0.15) is 0 Å². The van der Waals surface area contributed by atoms with Gasteiger partial charge in [0, 0.05) is 30.5 Å². The number of carbonyl (C=O) groups excluding carboxylic acids is 1. The van der Waals surface area contributed by atoms with Gasteiger partial charge < -0.3 is 14.6 Å². The number of carbonyl (C=O) groups is 1. The van der Waals surface area contributed by atoms with Crippen molar-refractivity contribution in [3.05, 3.63) is 132 Å². The number of pyridine rings is 2. The van der Waals surface area contributed by atoms with Crippen LogP contribution in [0.25, 0.3) is 0 Å². The molecule has 184 valence electrons. The number of thiocarbonyl (C=S) groups is 1. The molecule has 2 aromatic heterocycles. The molecule has 0 aliphatic carbocycles. The Morgan fingerprint density at radius 3 is 1.81 bits per heavy atom. The molecule has 0 aliphatic rings. The van der Waals surface area contributed by atoms with Crippen molar-refractivity contribution >= 4 is 35.0 Å². The summed E-state index contributed by atoms with van der Waals surface area (Å²) >= 11 is 6.67. The van der Waals surface area contributed by atoms with Crippen molar-refractivity contribution in [3.8, 4) is 0 Å². The van der Waals surface area contributed by atoms with Crippen LogP contribution in [0.1, 0.15) is 33.4 Å². The monoisotopic (exact) mass is 538 g/mol. The van der Waals surface area contributed by atoms with E-state index in [1.165, 1.54) is 22.9 Å². The molecule has 0 bridgehead atoms. The van der Waals surface area contributed by atoms with Gasteiger partial charge in [-0.1, -0.05) is 60.7 Å². The van der Waals surface area contributed by atoms with E-state index >= 15 is 0 Å². The van der Waals surface area contributed by atoms with E-state index in [4.69, 9.17) is 17.0 Å². The van der Waals surface area contributed by atoms with Gasteiger partial charge in [-0.05, 0) is 65.2 Å². The SMILES string of the molecule is COC(=S)C(Cc1ccncc1)c1ccccc1.O=C([O-])C(SCc1ccncc1)c1ccccc1.[Na+]. The molecule has 0 fully saturated rings. The average molecular weight is 539 g/mol. The number of methoxy groups -OCH3 is 1. The molecular formula is C29H27N2NaO3S2. The van der Waals surface area contributed by atoms with E-state index in [0.717, 1.165) is 17.5 Å². The summed E-state index contributed by atoms with van der Waals surface area (Å²) in [4.78, 5) is 19.1. The molecule has 0 N–H and O–H groups in total. The zero-order valence-corrected chi connectivity index (χ0v) is 24.5. The molecular weight excluding hydrogens is 511 g/mol. The Morgan fingerprint density at radius 2 is 1.32 bits per heavy atom. The molecule has 2 heterocycles. The maximum atomic E-state index is 11.2. The summed E-state index contributed by atoms with van der Waals surface area (Å²) < 4.78 is 5.25. The number of thioether (sulfide) groups is 1. The minimum Gasteiger partial charge on any atom is -0.549 e. The molecule has 4 aromatic rings. The van der Waals surface area contributed by atoms with E-state index in [1.54, 1.807) is 44.0 Å². The molecule has 0 spiro atoms. The standard InChI is InChI=1S/C15H15NOS.C14H13NO2S.Na/c1-17-15(18)14(13-5-3-2-4-6-13)11-12-7-9-16-10-8-12;16-14(17)13(12-4-2-1-3-5-12)18-10-11-6-8-15-9-7-11;/h2-10,14H,11H2,1H3;1-9,13H,10H2,(H,16,17);/q;;+1/p-1. The second-order valence-electron chi connectivity index (χ2n) is 7.82. The minimum absolute atomic E-state index is 0. The maximum absolute atomic E-state index is 11.2. The largest absolute Gasteiger partial charge is 1.00 e. The molecule has 2 atom stereocenters. The summed E-state index contributed by atoms with van der Waals surface area (Å²) in [6, 6.07) is 27.1. The summed E-state index contributed by atoms with van der Waals surface area (Å²) in [5, 5.41) is 11.2. The van der Waals surface area contributed by atoms with Gasteiger partial charge in [0.2, 0.25) is 0 Å². The van der Waals surface area contributed by atoms with Crippen LogP contribution < -0.4 is 34.7 Å². The summed E-state index contributed by atoms with van der Waals surface area (Å²) in [6.45, 7) is 0. The third-order valence-electron chi connectivity index (χ3n) is 5.36. The number of aliphatic carboxylic acids is 1. The van der Waals surface area contributed by atoms with Crippen molar-refractivity contribution < 1.29 is 44.2 Å². The summed E-state index contributed by atoms with van der Waals surface area (Å²) in [5.41, 5.74) is 4.20. The first-order chi connectivity index (χ1) is 17.6. The molecule has 0 aliphatic heterocycles. The van der Waals surface area contributed by atoms with Crippen molar-refractivity contribution in [1.29, 1.82) is 0 Å². The molecule has 4 rings (SSSR count). The van der Waals surface area contributed by atoms with Crippen LogP contribution in [0, 0.1) is 0 Å². The van der Waals surface area contributed by atoms with E-state index in [0.29, 0.717) is 10.8 Å². The predicted molar refractivity (Wildman–Crippen MR) is 146 cm³/mol. The van der Waals surface area contributed by atoms with Crippen LogP contribution >= 0.6 is 24.0 Å². The van der Waals surface area contributed by atoms with Crippen LogP contribution in [0.2, 0.25) is 0 Å². The fourth-order valence-corrected chi connectivity index (χ4v) is 4.76. The number of ether oxygens (including phenoxy) is 1. The van der Waals surface area contributed by atoms with Gasteiger partial charge in [-0.15, -0.1) is 11.8 Å². The fourth-order valence-electron chi connectivity index (χ4n) is 3.51. The van der Waals surface area contributed by atoms with Crippen LogP contribution in [0.15, 0.2) is 110 Å². The Bertz CT molecular complexity index is 1200. The van der Waals surface area contributed by atoms with Gasteiger partial charge >= 0.3 is 29.6 Å². The first-order valence-corrected chi connectivity index (χ1v) is 12.8. The number of hydrogen-bond donors (Lipinski definition) is 0. The Labute approximate surface area is 250 Å². The van der Waals surface area contributed by atoms with Gasteiger partial charge in [0.1, 0.15) is 0 Å². The topological polar surface area (TPSA) is 75.1 Å². The Kier molecular flexibility index (Phi) is 14.1. The Hall–Kier alpha value is -2.55. The molecule has 5 nitrogen and oxygen atoms in total. The molecule has 0 amide bonds. The summed E-state index contributed by atoms with van der Waals surface area (Å²) in [7, 11) is 1.63. The number of hydrogen-bond acceptors (Lipinski definition) is 7. The predicted octanol–water partition coefficient (Wildman–Crippen LogP) is 2.19. The summed E-state index contributed by atoms with van der Waals surface area (Å²) in [5.74, 6) is -0.329. The number of carboxylic acid groups (broad SMARTS) is 1. The number of benzene rings is 2. The average Bonchev–Trinajstić information content (AvgIpc) is 2.94. The number of aromatic nitrogens is 2. The number of carboxylic acids is 1. The van der Waals surface area contributed by atoms with Crippen LogP contribution in [-0.2, 0) is 21.7 Å².